The van der Waals surface area contributed by atoms with Crippen molar-refractivity contribution in [3.8, 4) is 0 Å². The van der Waals surface area contributed by atoms with Gasteiger partial charge in [0.2, 0.25) is 11.8 Å². The van der Waals surface area contributed by atoms with Crippen LogP contribution in [0, 0.1) is 0 Å². The third-order valence-corrected chi connectivity index (χ3v) is 3.54. The summed E-state index contributed by atoms with van der Waals surface area (Å²) in [6.45, 7) is 2.73. The molecule has 3 amide bonds. The van der Waals surface area contributed by atoms with Gasteiger partial charge in [0.25, 0.3) is 0 Å². The SMILES string of the molecule is CC(=O)N[C@@H](CCCCNC(=O)OCc1ccccc1)C(=O)NCCN. The molecule has 0 unspecified atom stereocenters. The van der Waals surface area contributed by atoms with Crippen LogP contribution in [0.25, 0.3) is 0 Å². The van der Waals surface area contributed by atoms with Crippen molar-refractivity contribution in [3.63, 3.8) is 0 Å². The molecule has 0 fully saturated rings. The molecule has 1 rings (SSSR count). The van der Waals surface area contributed by atoms with Gasteiger partial charge in [0.05, 0.1) is 0 Å². The number of carbonyl (C=O) groups excluding carboxylic acids is 3. The maximum atomic E-state index is 12.0. The normalized spacial score (nSPS) is 11.3. The quantitative estimate of drug-likeness (QED) is 0.430. The second-order valence-corrected chi connectivity index (χ2v) is 5.82. The van der Waals surface area contributed by atoms with E-state index in [0.29, 0.717) is 38.9 Å². The summed E-state index contributed by atoms with van der Waals surface area (Å²) in [5, 5.41) is 7.95. The molecule has 1 atom stereocenters. The first-order valence-electron chi connectivity index (χ1n) is 8.72. The van der Waals surface area contributed by atoms with E-state index in [0.717, 1.165) is 5.56 Å². The summed E-state index contributed by atoms with van der Waals surface area (Å²) in [5.41, 5.74) is 6.27. The number of hydrogen-bond acceptors (Lipinski definition) is 5. The third-order valence-electron chi connectivity index (χ3n) is 3.54. The average molecular weight is 364 g/mol. The molecule has 0 aliphatic rings. The number of nitrogens with one attached hydrogen (secondary N) is 3. The minimum Gasteiger partial charge on any atom is -0.445 e. The molecule has 144 valence electrons. The van der Waals surface area contributed by atoms with Gasteiger partial charge in [0.1, 0.15) is 12.6 Å². The standard InChI is InChI=1S/C18H28N4O4/c1-14(23)22-16(17(24)20-12-10-19)9-5-6-11-21-18(25)26-13-15-7-3-2-4-8-15/h2-4,7-8,16H,5-6,9-13,19H2,1H3,(H,20,24)(H,21,25)(H,22,23)/t16-/m0/s1. The smallest absolute Gasteiger partial charge is 0.407 e. The fourth-order valence-corrected chi connectivity index (χ4v) is 2.27. The van der Waals surface area contributed by atoms with Crippen molar-refractivity contribution >= 4 is 17.9 Å². The van der Waals surface area contributed by atoms with E-state index in [1.165, 1.54) is 6.92 Å². The molecule has 0 saturated carbocycles. The molecule has 1 aromatic rings. The number of carbonyl (C=O) groups is 3. The van der Waals surface area contributed by atoms with Gasteiger partial charge in [-0.05, 0) is 24.8 Å². The second kappa shape index (κ2) is 12.7. The summed E-state index contributed by atoms with van der Waals surface area (Å²) in [6.07, 6.45) is 1.34. The van der Waals surface area contributed by atoms with E-state index in [1.807, 2.05) is 30.3 Å². The van der Waals surface area contributed by atoms with Crippen LogP contribution < -0.4 is 21.7 Å². The van der Waals surface area contributed by atoms with E-state index >= 15 is 0 Å². The molecule has 0 aromatic heterocycles. The Balaban J connectivity index is 2.20. The van der Waals surface area contributed by atoms with Crippen LogP contribution in [0.5, 0.6) is 0 Å². The van der Waals surface area contributed by atoms with Crippen LogP contribution in [-0.4, -0.2) is 43.6 Å². The van der Waals surface area contributed by atoms with Crippen LogP contribution in [-0.2, 0) is 20.9 Å². The Morgan fingerprint density at radius 2 is 1.81 bits per heavy atom. The summed E-state index contributed by atoms with van der Waals surface area (Å²) in [7, 11) is 0. The van der Waals surface area contributed by atoms with Gasteiger partial charge >= 0.3 is 6.09 Å². The van der Waals surface area contributed by atoms with Crippen molar-refractivity contribution in [3.05, 3.63) is 35.9 Å². The molecule has 26 heavy (non-hydrogen) atoms. The summed E-state index contributed by atoms with van der Waals surface area (Å²) in [6, 6.07) is 8.83. The Labute approximate surface area is 153 Å². The zero-order chi connectivity index (χ0) is 19.2. The molecule has 0 heterocycles. The van der Waals surface area contributed by atoms with Gasteiger partial charge < -0.3 is 26.4 Å². The highest BCUT2D eigenvalue weighted by molar-refractivity contribution is 5.86. The first kappa shape index (κ1) is 21.4. The van der Waals surface area contributed by atoms with Crippen molar-refractivity contribution in [1.29, 1.82) is 0 Å². The van der Waals surface area contributed by atoms with E-state index < -0.39 is 12.1 Å². The van der Waals surface area contributed by atoms with Gasteiger partial charge in [0.15, 0.2) is 0 Å². The molecular formula is C18H28N4O4. The van der Waals surface area contributed by atoms with Crippen molar-refractivity contribution in [2.24, 2.45) is 5.73 Å². The van der Waals surface area contributed by atoms with Gasteiger partial charge in [-0.15, -0.1) is 0 Å². The fourth-order valence-electron chi connectivity index (χ4n) is 2.27. The highest BCUT2D eigenvalue weighted by atomic mass is 16.5. The van der Waals surface area contributed by atoms with E-state index in [4.69, 9.17) is 10.5 Å². The van der Waals surface area contributed by atoms with E-state index in [2.05, 4.69) is 16.0 Å². The molecule has 8 heteroatoms. The summed E-state index contributed by atoms with van der Waals surface area (Å²) < 4.78 is 5.11. The Morgan fingerprint density at radius 3 is 2.46 bits per heavy atom. The number of rotatable bonds is 11. The van der Waals surface area contributed by atoms with Crippen molar-refractivity contribution in [1.82, 2.24) is 16.0 Å². The number of amides is 3. The Morgan fingerprint density at radius 1 is 1.08 bits per heavy atom. The van der Waals surface area contributed by atoms with Crippen LogP contribution in [0.2, 0.25) is 0 Å². The summed E-state index contributed by atoms with van der Waals surface area (Å²) >= 11 is 0. The highest BCUT2D eigenvalue weighted by Crippen LogP contribution is 2.03. The molecule has 1 aromatic carbocycles. The monoisotopic (exact) mass is 364 g/mol. The molecule has 0 spiro atoms. The minimum atomic E-state index is -0.593. The number of ether oxygens (including phenoxy) is 1. The number of unbranched alkanes of at least 4 members (excludes halogenated alkanes) is 1. The third kappa shape index (κ3) is 9.63. The molecule has 5 N–H and O–H groups in total. The van der Waals surface area contributed by atoms with Gasteiger partial charge in [-0.2, -0.15) is 0 Å². The highest BCUT2D eigenvalue weighted by Gasteiger charge is 2.18. The zero-order valence-electron chi connectivity index (χ0n) is 15.1. The molecule has 8 nitrogen and oxygen atoms in total. The Bertz CT molecular complexity index is 566. The number of benzene rings is 1. The number of alkyl carbamates (subject to hydrolysis) is 1. The maximum Gasteiger partial charge on any atom is 0.407 e. The first-order chi connectivity index (χ1) is 12.5. The largest absolute Gasteiger partial charge is 0.445 e. The topological polar surface area (TPSA) is 123 Å². The number of nitrogens with two attached hydrogens (primary N) is 1. The molecule has 0 aliphatic heterocycles. The summed E-state index contributed by atoms with van der Waals surface area (Å²) in [4.78, 5) is 34.8. The van der Waals surface area contributed by atoms with Gasteiger partial charge in [-0.1, -0.05) is 30.3 Å². The van der Waals surface area contributed by atoms with Crippen LogP contribution in [0.15, 0.2) is 30.3 Å². The van der Waals surface area contributed by atoms with Gasteiger partial charge in [-0.3, -0.25) is 9.59 Å². The predicted molar refractivity (Wildman–Crippen MR) is 98.1 cm³/mol. The van der Waals surface area contributed by atoms with Gasteiger partial charge in [0, 0.05) is 26.6 Å². The minimum absolute atomic E-state index is 0.221. The molecule has 0 radical (unpaired) electrons. The predicted octanol–water partition coefficient (Wildman–Crippen LogP) is 0.663. The van der Waals surface area contributed by atoms with Crippen LogP contribution in [0.1, 0.15) is 31.7 Å². The van der Waals surface area contributed by atoms with Crippen molar-refractivity contribution < 1.29 is 19.1 Å². The molecule has 0 aliphatic carbocycles. The van der Waals surface area contributed by atoms with Crippen LogP contribution >= 0.6 is 0 Å². The lowest BCUT2D eigenvalue weighted by atomic mass is 10.1. The lowest BCUT2D eigenvalue weighted by Crippen LogP contribution is -2.47. The van der Waals surface area contributed by atoms with E-state index in [-0.39, 0.29) is 18.4 Å². The Kier molecular flexibility index (Phi) is 10.5. The van der Waals surface area contributed by atoms with Crippen molar-refractivity contribution in [2.75, 3.05) is 19.6 Å². The second-order valence-electron chi connectivity index (χ2n) is 5.82. The van der Waals surface area contributed by atoms with Crippen molar-refractivity contribution in [2.45, 2.75) is 38.8 Å². The van der Waals surface area contributed by atoms with Crippen LogP contribution in [0.4, 0.5) is 4.79 Å². The zero-order valence-corrected chi connectivity index (χ0v) is 15.1. The van der Waals surface area contributed by atoms with Gasteiger partial charge in [-0.25, -0.2) is 4.79 Å². The van der Waals surface area contributed by atoms with Crippen LogP contribution in [0.3, 0.4) is 0 Å². The molecular weight excluding hydrogens is 336 g/mol. The van der Waals surface area contributed by atoms with E-state index in [9.17, 15) is 14.4 Å². The number of hydrogen-bond donors (Lipinski definition) is 4. The molecule has 0 bridgehead atoms. The molecule has 0 saturated heterocycles. The lowest BCUT2D eigenvalue weighted by molar-refractivity contribution is -0.128. The summed E-state index contributed by atoms with van der Waals surface area (Å²) in [5.74, 6) is -0.513. The lowest BCUT2D eigenvalue weighted by Gasteiger charge is -2.17. The Hall–Kier alpha value is -2.61. The first-order valence-corrected chi connectivity index (χ1v) is 8.72. The average Bonchev–Trinajstić information content (AvgIpc) is 2.63. The fraction of sp³-hybridized carbons (Fsp3) is 0.500. The maximum absolute atomic E-state index is 12.0. The van der Waals surface area contributed by atoms with E-state index in [1.54, 1.807) is 0 Å².